The van der Waals surface area contributed by atoms with E-state index in [9.17, 15) is 4.79 Å². The zero-order chi connectivity index (χ0) is 16.8. The van der Waals surface area contributed by atoms with Crippen LogP contribution in [0.1, 0.15) is 53.6 Å². The van der Waals surface area contributed by atoms with Crippen LogP contribution in [0.25, 0.3) is 0 Å². The van der Waals surface area contributed by atoms with Crippen molar-refractivity contribution in [2.24, 2.45) is 0 Å². The molecule has 2 nitrogen and oxygen atoms in total. The fraction of sp³-hybridized carbons (Fsp3) is 0.409. The third-order valence-electron chi connectivity index (χ3n) is 5.05. The predicted molar refractivity (Wildman–Crippen MR) is 107 cm³/mol. The molecule has 0 aromatic heterocycles. The van der Waals surface area contributed by atoms with Gasteiger partial charge in [-0.3, -0.25) is 4.79 Å². The lowest BCUT2D eigenvalue weighted by Crippen LogP contribution is -2.35. The maximum Gasteiger partial charge on any atom is 0.171 e. The number of benzene rings is 2. The Morgan fingerprint density at radius 2 is 1.60 bits per heavy atom. The molecular formula is C22H28ClNO. The molecule has 1 heterocycles. The fourth-order valence-electron chi connectivity index (χ4n) is 3.53. The van der Waals surface area contributed by atoms with Gasteiger partial charge >= 0.3 is 0 Å². The first-order valence-corrected chi connectivity index (χ1v) is 9.18. The second kappa shape index (κ2) is 9.74. The first-order valence-electron chi connectivity index (χ1n) is 9.18. The van der Waals surface area contributed by atoms with Gasteiger partial charge in [0.15, 0.2) is 5.78 Å². The quantitative estimate of drug-likeness (QED) is 0.668. The summed E-state index contributed by atoms with van der Waals surface area (Å²) in [4.78, 5) is 15.6. The Morgan fingerprint density at radius 1 is 0.960 bits per heavy atom. The van der Waals surface area contributed by atoms with Crippen molar-refractivity contribution >= 4 is 18.2 Å². The third-order valence-corrected chi connectivity index (χ3v) is 5.05. The number of carbonyl (C=O) groups is 1. The van der Waals surface area contributed by atoms with Crippen molar-refractivity contribution in [3.8, 4) is 0 Å². The number of Topliss-reactive ketones (excluding diaryl/α,β-unsaturated/α-hetero) is 1. The maximum absolute atomic E-state index is 13.2. The molecule has 2 aromatic rings. The number of piperidine rings is 1. The standard InChI is InChI=1S/C22H27NO.ClH/c1-2-18-11-13-20(14-12-18)22(24)21(19-9-5-3-6-10-19)17-23-15-7-4-8-16-23;/h3,5-6,9-14,21H,2,4,7-8,15-17H2,1H3;1H. The Balaban J connectivity index is 0.00000225. The van der Waals surface area contributed by atoms with Gasteiger partial charge in [0.1, 0.15) is 0 Å². The molecule has 1 atom stereocenters. The van der Waals surface area contributed by atoms with Gasteiger partial charge < -0.3 is 4.90 Å². The average molecular weight is 358 g/mol. The van der Waals surface area contributed by atoms with Crippen LogP contribution in [0.2, 0.25) is 0 Å². The van der Waals surface area contributed by atoms with Crippen LogP contribution in [0.5, 0.6) is 0 Å². The van der Waals surface area contributed by atoms with Gasteiger partial charge in [-0.05, 0) is 43.5 Å². The molecule has 0 spiro atoms. The predicted octanol–water partition coefficient (Wildman–Crippen LogP) is 5.12. The Bertz CT molecular complexity index is 647. The molecular weight excluding hydrogens is 330 g/mol. The SMILES string of the molecule is CCc1ccc(C(=O)C(CN2CCCCC2)c2ccccc2)cc1.Cl. The Hall–Kier alpha value is -1.64. The fourth-order valence-corrected chi connectivity index (χ4v) is 3.53. The summed E-state index contributed by atoms with van der Waals surface area (Å²) < 4.78 is 0. The third kappa shape index (κ3) is 5.17. The zero-order valence-electron chi connectivity index (χ0n) is 15.0. The van der Waals surface area contributed by atoms with Crippen LogP contribution < -0.4 is 0 Å². The largest absolute Gasteiger partial charge is 0.302 e. The van der Waals surface area contributed by atoms with Gasteiger partial charge in [0.25, 0.3) is 0 Å². The van der Waals surface area contributed by atoms with E-state index in [0.717, 1.165) is 37.2 Å². The highest BCUT2D eigenvalue weighted by Gasteiger charge is 2.25. The highest BCUT2D eigenvalue weighted by molar-refractivity contribution is 6.01. The lowest BCUT2D eigenvalue weighted by atomic mass is 9.89. The van der Waals surface area contributed by atoms with Crippen molar-refractivity contribution in [3.63, 3.8) is 0 Å². The van der Waals surface area contributed by atoms with Crippen molar-refractivity contribution in [1.82, 2.24) is 4.90 Å². The molecule has 0 saturated carbocycles. The molecule has 1 aliphatic heterocycles. The molecule has 25 heavy (non-hydrogen) atoms. The molecule has 1 saturated heterocycles. The van der Waals surface area contributed by atoms with E-state index in [0.29, 0.717) is 0 Å². The van der Waals surface area contributed by atoms with Gasteiger partial charge in [-0.2, -0.15) is 0 Å². The molecule has 3 rings (SSSR count). The molecule has 3 heteroatoms. The molecule has 0 bridgehead atoms. The van der Waals surface area contributed by atoms with E-state index in [4.69, 9.17) is 0 Å². The Kier molecular flexibility index (Phi) is 7.67. The summed E-state index contributed by atoms with van der Waals surface area (Å²) in [5.74, 6) is 0.172. The van der Waals surface area contributed by atoms with E-state index in [2.05, 4.69) is 36.1 Å². The maximum atomic E-state index is 13.2. The van der Waals surface area contributed by atoms with Crippen molar-refractivity contribution in [2.75, 3.05) is 19.6 Å². The summed E-state index contributed by atoms with van der Waals surface area (Å²) in [5, 5.41) is 0. The lowest BCUT2D eigenvalue weighted by molar-refractivity contribution is 0.0925. The van der Waals surface area contributed by atoms with E-state index in [1.54, 1.807) is 0 Å². The van der Waals surface area contributed by atoms with E-state index in [1.807, 2.05) is 30.3 Å². The van der Waals surface area contributed by atoms with E-state index in [-0.39, 0.29) is 24.1 Å². The average Bonchev–Trinajstić information content (AvgIpc) is 2.67. The zero-order valence-corrected chi connectivity index (χ0v) is 15.8. The van der Waals surface area contributed by atoms with Gasteiger partial charge in [-0.1, -0.05) is 67.9 Å². The summed E-state index contributed by atoms with van der Waals surface area (Å²) in [6.45, 7) is 5.20. The van der Waals surface area contributed by atoms with Crippen molar-refractivity contribution in [2.45, 2.75) is 38.5 Å². The molecule has 1 unspecified atom stereocenters. The molecule has 0 aliphatic carbocycles. The molecule has 0 radical (unpaired) electrons. The van der Waals surface area contributed by atoms with Crippen LogP contribution >= 0.6 is 12.4 Å². The number of carbonyl (C=O) groups excluding carboxylic acids is 1. The lowest BCUT2D eigenvalue weighted by Gasteiger charge is -2.30. The number of aryl methyl sites for hydroxylation is 1. The monoisotopic (exact) mass is 357 g/mol. The van der Waals surface area contributed by atoms with Gasteiger partial charge in [0.05, 0.1) is 5.92 Å². The Labute approximate surface area is 157 Å². The second-order valence-corrected chi connectivity index (χ2v) is 6.74. The first-order chi connectivity index (χ1) is 11.8. The number of hydrogen-bond acceptors (Lipinski definition) is 2. The van der Waals surface area contributed by atoms with Gasteiger partial charge in [-0.25, -0.2) is 0 Å². The second-order valence-electron chi connectivity index (χ2n) is 6.74. The highest BCUT2D eigenvalue weighted by Crippen LogP contribution is 2.24. The molecule has 2 aromatic carbocycles. The molecule has 134 valence electrons. The van der Waals surface area contributed by atoms with E-state index in [1.165, 1.54) is 24.8 Å². The summed E-state index contributed by atoms with van der Waals surface area (Å²) in [7, 11) is 0. The van der Waals surface area contributed by atoms with E-state index < -0.39 is 0 Å². The number of rotatable bonds is 6. The topological polar surface area (TPSA) is 20.3 Å². The van der Waals surface area contributed by atoms with Crippen LogP contribution in [0.15, 0.2) is 54.6 Å². The van der Waals surface area contributed by atoms with Crippen molar-refractivity contribution < 1.29 is 4.79 Å². The summed E-state index contributed by atoms with van der Waals surface area (Å²) in [5.41, 5.74) is 3.24. The smallest absolute Gasteiger partial charge is 0.171 e. The highest BCUT2D eigenvalue weighted by atomic mass is 35.5. The summed E-state index contributed by atoms with van der Waals surface area (Å²) in [6.07, 6.45) is 4.82. The van der Waals surface area contributed by atoms with Gasteiger partial charge in [0, 0.05) is 12.1 Å². The normalized spacial score (nSPS) is 16.0. The van der Waals surface area contributed by atoms with Crippen LogP contribution in [0.4, 0.5) is 0 Å². The van der Waals surface area contributed by atoms with Gasteiger partial charge in [0.2, 0.25) is 0 Å². The number of halogens is 1. The number of ketones is 1. The molecule has 0 N–H and O–H groups in total. The van der Waals surface area contributed by atoms with Crippen molar-refractivity contribution in [1.29, 1.82) is 0 Å². The summed E-state index contributed by atoms with van der Waals surface area (Å²) >= 11 is 0. The van der Waals surface area contributed by atoms with Crippen LogP contribution in [0.3, 0.4) is 0 Å². The van der Waals surface area contributed by atoms with Crippen LogP contribution in [-0.4, -0.2) is 30.3 Å². The molecule has 0 amide bonds. The minimum absolute atomic E-state index is 0. The minimum atomic E-state index is -0.0724. The minimum Gasteiger partial charge on any atom is -0.302 e. The number of likely N-dealkylation sites (tertiary alicyclic amines) is 1. The van der Waals surface area contributed by atoms with Crippen LogP contribution in [0, 0.1) is 0 Å². The number of nitrogens with zero attached hydrogens (tertiary/aromatic N) is 1. The molecule has 1 fully saturated rings. The molecule has 1 aliphatic rings. The Morgan fingerprint density at radius 3 is 2.20 bits per heavy atom. The van der Waals surface area contributed by atoms with E-state index >= 15 is 0 Å². The first kappa shape index (κ1) is 19.7. The van der Waals surface area contributed by atoms with Gasteiger partial charge in [-0.15, -0.1) is 12.4 Å². The summed E-state index contributed by atoms with van der Waals surface area (Å²) in [6, 6.07) is 18.4. The number of hydrogen-bond donors (Lipinski definition) is 0. The van der Waals surface area contributed by atoms with Crippen molar-refractivity contribution in [3.05, 3.63) is 71.3 Å². The van der Waals surface area contributed by atoms with Crippen LogP contribution in [-0.2, 0) is 6.42 Å².